The van der Waals surface area contributed by atoms with Crippen LogP contribution in [0.15, 0.2) is 48.8 Å². The Morgan fingerprint density at radius 1 is 1.19 bits per heavy atom. The molecule has 1 saturated carbocycles. The number of ether oxygens (including phenoxy) is 2. The smallest absolute Gasteiger partial charge is 0.306 e. The van der Waals surface area contributed by atoms with Crippen LogP contribution in [-0.2, 0) is 11.3 Å². The van der Waals surface area contributed by atoms with E-state index >= 15 is 0 Å². The van der Waals surface area contributed by atoms with Crippen LogP contribution in [0.2, 0.25) is 10.0 Å². The van der Waals surface area contributed by atoms with E-state index in [-0.39, 0.29) is 12.2 Å². The molecule has 2 aromatic carbocycles. The predicted molar refractivity (Wildman–Crippen MR) is 142 cm³/mol. The number of carboxylic acids is 1. The van der Waals surface area contributed by atoms with Crippen molar-refractivity contribution in [1.82, 2.24) is 19.5 Å². The molecule has 1 N–H and O–H groups in total. The van der Waals surface area contributed by atoms with E-state index in [4.69, 9.17) is 42.8 Å². The molecular weight excluding hydrogens is 515 g/mol. The number of rotatable bonds is 10. The van der Waals surface area contributed by atoms with Crippen molar-refractivity contribution in [3.05, 3.63) is 64.4 Å². The standard InChI is InChI=1S/C27H26Cl2N4O4/c1-16(26(34)35)9-12-36-20-8-4-7-19(21(20)29)23-32-22-24(30-15-31-25(22)37-27(2)10-11-27)33(23)14-17-5-3-6-18(28)13-17/h3-8,13,15-16H,9-12,14H2,1-2H3,(H,34,35). The number of fused-ring (bicyclic) bond motifs is 1. The Morgan fingerprint density at radius 3 is 2.70 bits per heavy atom. The third kappa shape index (κ3) is 5.50. The Morgan fingerprint density at radius 2 is 1.97 bits per heavy atom. The fraction of sp³-hybridized carbons (Fsp3) is 0.333. The van der Waals surface area contributed by atoms with Crippen LogP contribution in [0, 0.1) is 5.92 Å². The van der Waals surface area contributed by atoms with E-state index in [1.54, 1.807) is 13.0 Å². The van der Waals surface area contributed by atoms with Crippen molar-refractivity contribution < 1.29 is 19.4 Å². The summed E-state index contributed by atoms with van der Waals surface area (Å²) in [5.74, 6) is 0.0793. The Hall–Kier alpha value is -3.36. The summed E-state index contributed by atoms with van der Waals surface area (Å²) in [5, 5.41) is 10.1. The van der Waals surface area contributed by atoms with Crippen molar-refractivity contribution >= 4 is 40.3 Å². The lowest BCUT2D eigenvalue weighted by Gasteiger charge is -2.14. The number of aliphatic carboxylic acids is 1. The number of imidazole rings is 1. The molecule has 0 aliphatic heterocycles. The SMILES string of the molecule is CC(CCOc1cccc(-c2nc3c(OC4(C)CC4)ncnc3n2Cc2cccc(Cl)c2)c1Cl)C(=O)O. The van der Waals surface area contributed by atoms with Crippen molar-refractivity contribution in [2.75, 3.05) is 6.61 Å². The highest BCUT2D eigenvalue weighted by Gasteiger charge is 2.41. The largest absolute Gasteiger partial charge is 0.492 e. The second kappa shape index (κ2) is 10.2. The van der Waals surface area contributed by atoms with Crippen LogP contribution in [0.3, 0.4) is 0 Å². The summed E-state index contributed by atoms with van der Waals surface area (Å²) in [6, 6.07) is 13.0. The second-order valence-corrected chi connectivity index (χ2v) is 10.4. The minimum Gasteiger partial charge on any atom is -0.492 e. The van der Waals surface area contributed by atoms with Gasteiger partial charge in [-0.05, 0) is 56.0 Å². The number of nitrogens with zero attached hydrogens (tertiary/aromatic N) is 4. The molecule has 1 unspecified atom stereocenters. The van der Waals surface area contributed by atoms with Crippen molar-refractivity contribution in [3.8, 4) is 23.0 Å². The van der Waals surface area contributed by atoms with E-state index in [0.717, 1.165) is 18.4 Å². The molecule has 0 bridgehead atoms. The lowest BCUT2D eigenvalue weighted by Crippen LogP contribution is -2.13. The van der Waals surface area contributed by atoms with E-state index in [0.29, 0.717) is 57.2 Å². The number of halogens is 2. The third-order valence-electron chi connectivity index (χ3n) is 6.46. The molecule has 4 aromatic rings. The van der Waals surface area contributed by atoms with Gasteiger partial charge in [0.15, 0.2) is 11.2 Å². The van der Waals surface area contributed by atoms with Gasteiger partial charge in [0.05, 0.1) is 24.1 Å². The minimum absolute atomic E-state index is 0.220. The lowest BCUT2D eigenvalue weighted by atomic mass is 10.1. The molecule has 37 heavy (non-hydrogen) atoms. The minimum atomic E-state index is -0.864. The lowest BCUT2D eigenvalue weighted by molar-refractivity contribution is -0.141. The van der Waals surface area contributed by atoms with Crippen LogP contribution < -0.4 is 9.47 Å². The first-order chi connectivity index (χ1) is 17.7. The van der Waals surface area contributed by atoms with Crippen LogP contribution in [0.4, 0.5) is 0 Å². The summed E-state index contributed by atoms with van der Waals surface area (Å²) in [5.41, 5.74) is 2.53. The average Bonchev–Trinajstić information content (AvgIpc) is 3.48. The zero-order chi connectivity index (χ0) is 26.2. The van der Waals surface area contributed by atoms with E-state index < -0.39 is 11.9 Å². The maximum atomic E-state index is 11.1. The zero-order valence-corrected chi connectivity index (χ0v) is 22.0. The maximum absolute atomic E-state index is 11.1. The van der Waals surface area contributed by atoms with Crippen molar-refractivity contribution in [2.24, 2.45) is 5.92 Å². The molecule has 1 fully saturated rings. The van der Waals surface area contributed by atoms with Gasteiger partial charge in [0, 0.05) is 10.6 Å². The summed E-state index contributed by atoms with van der Waals surface area (Å²) in [4.78, 5) is 25.0. The molecule has 8 nitrogen and oxygen atoms in total. The topological polar surface area (TPSA) is 99.4 Å². The Kier molecular flexibility index (Phi) is 6.96. The molecular formula is C27H26Cl2N4O4. The fourth-order valence-electron chi connectivity index (χ4n) is 3.94. The molecule has 2 aromatic heterocycles. The summed E-state index contributed by atoms with van der Waals surface area (Å²) < 4.78 is 14.0. The number of hydrogen-bond acceptors (Lipinski definition) is 6. The molecule has 2 heterocycles. The van der Waals surface area contributed by atoms with E-state index in [9.17, 15) is 4.79 Å². The van der Waals surface area contributed by atoms with Crippen LogP contribution in [0.1, 0.15) is 38.7 Å². The van der Waals surface area contributed by atoms with Gasteiger partial charge in [-0.25, -0.2) is 9.97 Å². The number of carbonyl (C=O) groups is 1. The summed E-state index contributed by atoms with van der Waals surface area (Å²) in [6.45, 7) is 4.35. The van der Waals surface area contributed by atoms with E-state index in [1.807, 2.05) is 47.9 Å². The van der Waals surface area contributed by atoms with Gasteiger partial charge in [-0.3, -0.25) is 4.79 Å². The number of hydrogen-bond donors (Lipinski definition) is 1. The van der Waals surface area contributed by atoms with Crippen LogP contribution in [-0.4, -0.2) is 42.8 Å². The second-order valence-electron chi connectivity index (χ2n) is 9.55. The van der Waals surface area contributed by atoms with Gasteiger partial charge in [0.25, 0.3) is 0 Å². The van der Waals surface area contributed by atoms with Gasteiger partial charge in [-0.1, -0.05) is 48.3 Å². The van der Waals surface area contributed by atoms with Crippen LogP contribution in [0.25, 0.3) is 22.6 Å². The van der Waals surface area contributed by atoms with Crippen LogP contribution in [0.5, 0.6) is 11.6 Å². The van der Waals surface area contributed by atoms with Gasteiger partial charge in [-0.15, -0.1) is 0 Å². The predicted octanol–water partition coefficient (Wildman–Crippen LogP) is 6.27. The number of benzene rings is 2. The quantitative estimate of drug-likeness (QED) is 0.253. The van der Waals surface area contributed by atoms with Gasteiger partial charge < -0.3 is 19.1 Å². The van der Waals surface area contributed by atoms with Gasteiger partial charge in [-0.2, -0.15) is 4.98 Å². The first-order valence-electron chi connectivity index (χ1n) is 12.0. The molecule has 192 valence electrons. The van der Waals surface area contributed by atoms with E-state index in [1.165, 1.54) is 6.33 Å². The molecule has 1 aliphatic rings. The summed E-state index contributed by atoms with van der Waals surface area (Å²) in [6.07, 6.45) is 3.76. The Labute approximate surface area is 224 Å². The maximum Gasteiger partial charge on any atom is 0.306 e. The fourth-order valence-corrected chi connectivity index (χ4v) is 4.42. The zero-order valence-electron chi connectivity index (χ0n) is 20.4. The van der Waals surface area contributed by atoms with Gasteiger partial charge >= 0.3 is 5.97 Å². The Balaban J connectivity index is 1.57. The monoisotopic (exact) mass is 540 g/mol. The molecule has 0 amide bonds. The van der Waals surface area contributed by atoms with Gasteiger partial charge in [0.1, 0.15) is 23.5 Å². The molecule has 5 rings (SSSR count). The first kappa shape index (κ1) is 25.3. The summed E-state index contributed by atoms with van der Waals surface area (Å²) in [7, 11) is 0. The highest BCUT2D eigenvalue weighted by Crippen LogP contribution is 2.42. The van der Waals surface area contributed by atoms with Crippen molar-refractivity contribution in [1.29, 1.82) is 0 Å². The normalized spacial score (nSPS) is 14.9. The highest BCUT2D eigenvalue weighted by molar-refractivity contribution is 6.34. The Bertz CT molecular complexity index is 1470. The highest BCUT2D eigenvalue weighted by atomic mass is 35.5. The molecule has 1 atom stereocenters. The van der Waals surface area contributed by atoms with Crippen LogP contribution >= 0.6 is 23.2 Å². The molecule has 0 radical (unpaired) electrons. The number of aromatic nitrogens is 4. The third-order valence-corrected chi connectivity index (χ3v) is 7.08. The van der Waals surface area contributed by atoms with Gasteiger partial charge in [0.2, 0.25) is 5.88 Å². The molecule has 1 aliphatic carbocycles. The molecule has 0 saturated heterocycles. The van der Waals surface area contributed by atoms with Crippen molar-refractivity contribution in [2.45, 2.75) is 45.3 Å². The summed E-state index contributed by atoms with van der Waals surface area (Å²) >= 11 is 13.1. The first-order valence-corrected chi connectivity index (χ1v) is 12.8. The van der Waals surface area contributed by atoms with Crippen molar-refractivity contribution in [3.63, 3.8) is 0 Å². The molecule has 0 spiro atoms. The molecule has 10 heteroatoms. The average molecular weight is 541 g/mol. The van der Waals surface area contributed by atoms with E-state index in [2.05, 4.69) is 9.97 Å². The number of carboxylic acid groups (broad SMARTS) is 1.